The van der Waals surface area contributed by atoms with Gasteiger partial charge in [0, 0.05) is 0 Å². The predicted molar refractivity (Wildman–Crippen MR) is 62.7 cm³/mol. The normalized spacial score (nSPS) is 14.5. The average molecular weight is 252 g/mol. The Balaban J connectivity index is 2.54. The summed E-state index contributed by atoms with van der Waals surface area (Å²) in [6, 6.07) is 3.74. The van der Waals surface area contributed by atoms with Crippen LogP contribution in [-0.4, -0.2) is 31.3 Å². The Morgan fingerprint density at radius 3 is 2.94 bits per heavy atom. The SMILES string of the molecule is CCC(C)(C(=O)O)n1nnnc1-c1cccs1. The summed E-state index contributed by atoms with van der Waals surface area (Å²) in [5.41, 5.74) is -1.12. The van der Waals surface area contributed by atoms with Crippen LogP contribution in [0.15, 0.2) is 17.5 Å². The van der Waals surface area contributed by atoms with Gasteiger partial charge >= 0.3 is 5.97 Å². The van der Waals surface area contributed by atoms with Gasteiger partial charge in [-0.25, -0.2) is 9.48 Å². The van der Waals surface area contributed by atoms with Gasteiger partial charge in [0.1, 0.15) is 0 Å². The molecule has 0 bridgehead atoms. The van der Waals surface area contributed by atoms with Gasteiger partial charge in [-0.05, 0) is 35.2 Å². The second-order valence-electron chi connectivity index (χ2n) is 3.82. The third kappa shape index (κ3) is 1.82. The Bertz CT molecular complexity index is 522. The van der Waals surface area contributed by atoms with Gasteiger partial charge in [-0.3, -0.25) is 0 Å². The number of aliphatic carboxylic acids is 1. The summed E-state index contributed by atoms with van der Waals surface area (Å²) in [5.74, 6) is -0.447. The van der Waals surface area contributed by atoms with Crippen molar-refractivity contribution in [2.75, 3.05) is 0 Å². The van der Waals surface area contributed by atoms with Gasteiger partial charge in [-0.1, -0.05) is 13.0 Å². The lowest BCUT2D eigenvalue weighted by atomic mass is 9.99. The molecule has 17 heavy (non-hydrogen) atoms. The molecule has 0 aromatic carbocycles. The smallest absolute Gasteiger partial charge is 0.331 e. The number of rotatable bonds is 4. The van der Waals surface area contributed by atoms with Gasteiger partial charge in [0.05, 0.1) is 4.88 Å². The fourth-order valence-corrected chi connectivity index (χ4v) is 2.16. The highest BCUT2D eigenvalue weighted by Gasteiger charge is 2.37. The van der Waals surface area contributed by atoms with E-state index >= 15 is 0 Å². The van der Waals surface area contributed by atoms with E-state index in [1.165, 1.54) is 16.0 Å². The van der Waals surface area contributed by atoms with Crippen molar-refractivity contribution in [3.63, 3.8) is 0 Å². The largest absolute Gasteiger partial charge is 0.479 e. The molecule has 0 aliphatic carbocycles. The van der Waals surface area contributed by atoms with E-state index in [1.807, 2.05) is 17.5 Å². The second-order valence-corrected chi connectivity index (χ2v) is 4.77. The van der Waals surface area contributed by atoms with Crippen molar-refractivity contribution in [1.82, 2.24) is 20.2 Å². The minimum Gasteiger partial charge on any atom is -0.479 e. The molecule has 0 saturated heterocycles. The Hall–Kier alpha value is -1.76. The average Bonchev–Trinajstić information content (AvgIpc) is 2.97. The molecule has 90 valence electrons. The van der Waals surface area contributed by atoms with Crippen LogP contribution < -0.4 is 0 Å². The molecule has 1 N–H and O–H groups in total. The molecule has 0 spiro atoms. The van der Waals surface area contributed by atoms with Crippen LogP contribution in [-0.2, 0) is 10.3 Å². The molecule has 0 aliphatic heterocycles. The van der Waals surface area contributed by atoms with Crippen LogP contribution >= 0.6 is 11.3 Å². The summed E-state index contributed by atoms with van der Waals surface area (Å²) >= 11 is 1.48. The summed E-state index contributed by atoms with van der Waals surface area (Å²) < 4.78 is 1.38. The van der Waals surface area contributed by atoms with E-state index in [1.54, 1.807) is 13.8 Å². The highest BCUT2D eigenvalue weighted by Crippen LogP contribution is 2.28. The molecule has 1 atom stereocenters. The lowest BCUT2D eigenvalue weighted by Gasteiger charge is -2.23. The van der Waals surface area contributed by atoms with Gasteiger partial charge in [0.25, 0.3) is 0 Å². The molecule has 0 amide bonds. The number of carboxylic acids is 1. The van der Waals surface area contributed by atoms with Crippen molar-refractivity contribution in [3.05, 3.63) is 17.5 Å². The highest BCUT2D eigenvalue weighted by atomic mass is 32.1. The fourth-order valence-electron chi connectivity index (χ4n) is 1.47. The third-order valence-corrected chi connectivity index (χ3v) is 3.69. The van der Waals surface area contributed by atoms with Gasteiger partial charge in [0.2, 0.25) is 0 Å². The Morgan fingerprint density at radius 2 is 2.41 bits per heavy atom. The molecule has 0 aliphatic rings. The monoisotopic (exact) mass is 252 g/mol. The van der Waals surface area contributed by atoms with Crippen molar-refractivity contribution in [3.8, 4) is 10.7 Å². The molecular formula is C10H12N4O2S. The van der Waals surface area contributed by atoms with E-state index in [2.05, 4.69) is 15.5 Å². The summed E-state index contributed by atoms with van der Waals surface area (Å²) in [4.78, 5) is 12.2. The second kappa shape index (κ2) is 4.25. The number of aromatic nitrogens is 4. The van der Waals surface area contributed by atoms with Crippen LogP contribution in [0.5, 0.6) is 0 Å². The number of carboxylic acid groups (broad SMARTS) is 1. The van der Waals surface area contributed by atoms with E-state index in [-0.39, 0.29) is 0 Å². The van der Waals surface area contributed by atoms with E-state index in [0.29, 0.717) is 12.2 Å². The van der Waals surface area contributed by atoms with E-state index in [0.717, 1.165) is 4.88 Å². The zero-order valence-electron chi connectivity index (χ0n) is 9.49. The lowest BCUT2D eigenvalue weighted by Crippen LogP contribution is -2.39. The molecule has 1 unspecified atom stereocenters. The van der Waals surface area contributed by atoms with Crippen molar-refractivity contribution in [2.45, 2.75) is 25.8 Å². The topological polar surface area (TPSA) is 80.9 Å². The number of carbonyl (C=O) groups is 1. The van der Waals surface area contributed by atoms with Gasteiger partial charge in [0.15, 0.2) is 11.4 Å². The minimum atomic E-state index is -1.12. The molecule has 0 fully saturated rings. The predicted octanol–water partition coefficient (Wildman–Crippen LogP) is 1.61. The van der Waals surface area contributed by atoms with Crippen molar-refractivity contribution < 1.29 is 9.90 Å². The maximum atomic E-state index is 11.4. The van der Waals surface area contributed by atoms with Crippen molar-refractivity contribution >= 4 is 17.3 Å². The molecule has 6 nitrogen and oxygen atoms in total. The maximum Gasteiger partial charge on any atom is 0.331 e. The number of hydrogen-bond acceptors (Lipinski definition) is 5. The lowest BCUT2D eigenvalue weighted by molar-refractivity contribution is -0.147. The molecular weight excluding hydrogens is 240 g/mol. The Kier molecular flexibility index (Phi) is 2.93. The van der Waals surface area contributed by atoms with Gasteiger partial charge in [-0.15, -0.1) is 16.4 Å². The highest BCUT2D eigenvalue weighted by molar-refractivity contribution is 7.13. The molecule has 2 aromatic heterocycles. The van der Waals surface area contributed by atoms with E-state index < -0.39 is 11.5 Å². The van der Waals surface area contributed by atoms with Crippen LogP contribution in [0.3, 0.4) is 0 Å². The number of hydrogen-bond donors (Lipinski definition) is 1. The zero-order valence-corrected chi connectivity index (χ0v) is 10.3. The first kappa shape index (κ1) is 11.7. The summed E-state index contributed by atoms with van der Waals surface area (Å²) in [6.07, 6.45) is 0.408. The van der Waals surface area contributed by atoms with E-state index in [4.69, 9.17) is 0 Å². The molecule has 2 rings (SSSR count). The zero-order chi connectivity index (χ0) is 12.5. The van der Waals surface area contributed by atoms with Crippen molar-refractivity contribution in [1.29, 1.82) is 0 Å². The maximum absolute atomic E-state index is 11.4. The number of tetrazole rings is 1. The Morgan fingerprint density at radius 1 is 1.65 bits per heavy atom. The number of thiophene rings is 1. The first-order chi connectivity index (χ1) is 8.09. The molecule has 7 heteroatoms. The quantitative estimate of drug-likeness (QED) is 0.894. The first-order valence-corrected chi connectivity index (χ1v) is 6.03. The standard InChI is InChI=1S/C10H12N4O2S/c1-3-10(2,9(15)16)14-8(11-12-13-14)7-5-4-6-17-7/h4-6H,3H2,1-2H3,(H,15,16). The summed E-state index contributed by atoms with van der Waals surface area (Å²) in [5, 5.41) is 22.5. The van der Waals surface area contributed by atoms with Crippen molar-refractivity contribution in [2.24, 2.45) is 0 Å². The van der Waals surface area contributed by atoms with Crippen LogP contribution in [0.25, 0.3) is 10.7 Å². The van der Waals surface area contributed by atoms with E-state index in [9.17, 15) is 9.90 Å². The minimum absolute atomic E-state index is 0.408. The van der Waals surface area contributed by atoms with Gasteiger partial charge < -0.3 is 5.11 Å². The summed E-state index contributed by atoms with van der Waals surface area (Å²) in [6.45, 7) is 3.41. The van der Waals surface area contributed by atoms with Crippen LogP contribution in [0, 0.1) is 0 Å². The molecule has 2 aromatic rings. The third-order valence-electron chi connectivity index (χ3n) is 2.83. The van der Waals surface area contributed by atoms with Crippen LogP contribution in [0.4, 0.5) is 0 Å². The number of nitrogens with zero attached hydrogens (tertiary/aromatic N) is 4. The van der Waals surface area contributed by atoms with Crippen LogP contribution in [0.1, 0.15) is 20.3 Å². The summed E-state index contributed by atoms with van der Waals surface area (Å²) in [7, 11) is 0. The van der Waals surface area contributed by atoms with Crippen LogP contribution in [0.2, 0.25) is 0 Å². The Labute approximate surface area is 102 Å². The molecule has 0 radical (unpaired) electrons. The molecule has 0 saturated carbocycles. The van der Waals surface area contributed by atoms with Gasteiger partial charge in [-0.2, -0.15) is 0 Å². The fraction of sp³-hybridized carbons (Fsp3) is 0.400. The first-order valence-electron chi connectivity index (χ1n) is 5.15. The molecule has 2 heterocycles.